The molecule has 1 N–H and O–H groups in total. The van der Waals surface area contributed by atoms with Crippen molar-refractivity contribution in [3.63, 3.8) is 0 Å². The first-order chi connectivity index (χ1) is 7.70. The van der Waals surface area contributed by atoms with Gasteiger partial charge in [0, 0.05) is 25.2 Å². The van der Waals surface area contributed by atoms with Crippen molar-refractivity contribution in [1.82, 2.24) is 20.4 Å². The van der Waals surface area contributed by atoms with Gasteiger partial charge in [0.15, 0.2) is 0 Å². The summed E-state index contributed by atoms with van der Waals surface area (Å²) < 4.78 is 0. The molecular weight excluding hydrogens is 204 g/mol. The lowest BCUT2D eigenvalue weighted by atomic mass is 10.1. The van der Waals surface area contributed by atoms with Gasteiger partial charge >= 0.3 is 0 Å². The predicted octanol–water partition coefficient (Wildman–Crippen LogP) is 0.299. The molecule has 5 heteroatoms. The normalized spacial score (nSPS) is 25.5. The van der Waals surface area contributed by atoms with E-state index in [1.54, 1.807) is 12.3 Å². The van der Waals surface area contributed by atoms with E-state index in [9.17, 15) is 4.79 Å². The molecule has 86 valence electrons. The fourth-order valence-corrected chi connectivity index (χ4v) is 2.10. The van der Waals surface area contributed by atoms with E-state index >= 15 is 0 Å². The Bertz CT molecular complexity index is 358. The Morgan fingerprint density at radius 3 is 2.62 bits per heavy atom. The van der Waals surface area contributed by atoms with Gasteiger partial charge in [-0.05, 0) is 19.9 Å². The van der Waals surface area contributed by atoms with Gasteiger partial charge in [-0.2, -0.15) is 10.2 Å². The molecule has 1 fully saturated rings. The number of rotatable bonds is 1. The SMILES string of the molecule is CC1CNCC(C)N1C(=O)c1ccnnc1. The smallest absolute Gasteiger partial charge is 0.256 e. The monoisotopic (exact) mass is 220 g/mol. The molecule has 1 aliphatic heterocycles. The molecule has 5 nitrogen and oxygen atoms in total. The Morgan fingerprint density at radius 1 is 1.38 bits per heavy atom. The van der Waals surface area contributed by atoms with Crippen LogP contribution in [0.1, 0.15) is 24.2 Å². The fourth-order valence-electron chi connectivity index (χ4n) is 2.10. The van der Waals surface area contributed by atoms with E-state index in [0.29, 0.717) is 5.56 Å². The molecule has 1 aromatic heterocycles. The maximum absolute atomic E-state index is 12.3. The highest BCUT2D eigenvalue weighted by atomic mass is 16.2. The van der Waals surface area contributed by atoms with Crippen LogP contribution in [0.4, 0.5) is 0 Å². The largest absolute Gasteiger partial charge is 0.331 e. The van der Waals surface area contributed by atoms with Crippen molar-refractivity contribution < 1.29 is 4.79 Å². The Labute approximate surface area is 94.9 Å². The second-order valence-electron chi connectivity index (χ2n) is 4.20. The number of hydrogen-bond donors (Lipinski definition) is 1. The number of nitrogens with one attached hydrogen (secondary N) is 1. The van der Waals surface area contributed by atoms with Gasteiger partial charge in [0.25, 0.3) is 5.91 Å². The third-order valence-electron chi connectivity index (χ3n) is 2.89. The molecule has 2 rings (SSSR count). The van der Waals surface area contributed by atoms with Crippen LogP contribution in [0, 0.1) is 0 Å². The zero-order valence-corrected chi connectivity index (χ0v) is 9.55. The highest BCUT2D eigenvalue weighted by Gasteiger charge is 2.29. The molecule has 0 aliphatic carbocycles. The second kappa shape index (κ2) is 4.57. The second-order valence-corrected chi connectivity index (χ2v) is 4.20. The van der Waals surface area contributed by atoms with E-state index in [1.807, 2.05) is 4.90 Å². The molecule has 1 amide bonds. The summed E-state index contributed by atoms with van der Waals surface area (Å²) in [4.78, 5) is 14.2. The van der Waals surface area contributed by atoms with Crippen LogP contribution >= 0.6 is 0 Å². The molecule has 1 aliphatic rings. The number of piperazine rings is 1. The number of carbonyl (C=O) groups is 1. The van der Waals surface area contributed by atoms with Crippen LogP contribution in [0.25, 0.3) is 0 Å². The molecule has 2 atom stereocenters. The summed E-state index contributed by atoms with van der Waals surface area (Å²) in [6, 6.07) is 2.13. The Morgan fingerprint density at radius 2 is 2.06 bits per heavy atom. The third-order valence-corrected chi connectivity index (χ3v) is 2.89. The highest BCUT2D eigenvalue weighted by molar-refractivity contribution is 5.94. The maximum Gasteiger partial charge on any atom is 0.256 e. The lowest BCUT2D eigenvalue weighted by Crippen LogP contribution is -2.57. The summed E-state index contributed by atoms with van der Waals surface area (Å²) >= 11 is 0. The molecule has 16 heavy (non-hydrogen) atoms. The molecule has 0 bridgehead atoms. The minimum atomic E-state index is 0.0383. The van der Waals surface area contributed by atoms with E-state index in [0.717, 1.165) is 13.1 Å². The molecule has 0 radical (unpaired) electrons. The molecule has 0 saturated carbocycles. The van der Waals surface area contributed by atoms with E-state index < -0.39 is 0 Å². The van der Waals surface area contributed by atoms with E-state index in [-0.39, 0.29) is 18.0 Å². The lowest BCUT2D eigenvalue weighted by Gasteiger charge is -2.39. The number of aromatic nitrogens is 2. The Kier molecular flexibility index (Phi) is 3.14. The summed E-state index contributed by atoms with van der Waals surface area (Å²) in [6.07, 6.45) is 3.06. The van der Waals surface area contributed by atoms with Crippen LogP contribution in [-0.2, 0) is 0 Å². The lowest BCUT2D eigenvalue weighted by molar-refractivity contribution is 0.0544. The first kappa shape index (κ1) is 11.0. The summed E-state index contributed by atoms with van der Waals surface area (Å²) in [7, 11) is 0. The molecule has 0 spiro atoms. The zero-order chi connectivity index (χ0) is 11.5. The van der Waals surface area contributed by atoms with Crippen molar-refractivity contribution in [2.75, 3.05) is 13.1 Å². The summed E-state index contributed by atoms with van der Waals surface area (Å²) in [6.45, 7) is 5.79. The van der Waals surface area contributed by atoms with Gasteiger partial charge in [0.2, 0.25) is 0 Å². The van der Waals surface area contributed by atoms with Crippen LogP contribution in [0.15, 0.2) is 18.5 Å². The average Bonchev–Trinajstić information content (AvgIpc) is 2.30. The van der Waals surface area contributed by atoms with Gasteiger partial charge in [-0.1, -0.05) is 0 Å². The van der Waals surface area contributed by atoms with Crippen molar-refractivity contribution in [1.29, 1.82) is 0 Å². The van der Waals surface area contributed by atoms with Gasteiger partial charge in [-0.25, -0.2) is 0 Å². The molecular formula is C11H16N4O. The van der Waals surface area contributed by atoms with Crippen LogP contribution in [-0.4, -0.2) is 46.2 Å². The van der Waals surface area contributed by atoms with Crippen LogP contribution in [0.5, 0.6) is 0 Å². The Balaban J connectivity index is 2.20. The predicted molar refractivity (Wildman–Crippen MR) is 60.0 cm³/mol. The van der Waals surface area contributed by atoms with Crippen molar-refractivity contribution in [2.45, 2.75) is 25.9 Å². The highest BCUT2D eigenvalue weighted by Crippen LogP contribution is 2.13. The topological polar surface area (TPSA) is 58.1 Å². The minimum Gasteiger partial charge on any atom is -0.331 e. The third kappa shape index (κ3) is 2.04. The summed E-state index contributed by atoms with van der Waals surface area (Å²) in [5, 5.41) is 10.7. The first-order valence-electron chi connectivity index (χ1n) is 5.50. The van der Waals surface area contributed by atoms with Gasteiger partial charge in [0.05, 0.1) is 18.0 Å². The zero-order valence-electron chi connectivity index (χ0n) is 9.55. The van der Waals surface area contributed by atoms with Crippen LogP contribution in [0.2, 0.25) is 0 Å². The number of amides is 1. The number of carbonyl (C=O) groups excluding carboxylic acids is 1. The number of nitrogens with zero attached hydrogens (tertiary/aromatic N) is 3. The van der Waals surface area contributed by atoms with Crippen LogP contribution < -0.4 is 5.32 Å². The first-order valence-corrected chi connectivity index (χ1v) is 5.50. The average molecular weight is 220 g/mol. The van der Waals surface area contributed by atoms with E-state index in [1.165, 1.54) is 6.20 Å². The van der Waals surface area contributed by atoms with Crippen molar-refractivity contribution in [3.8, 4) is 0 Å². The van der Waals surface area contributed by atoms with Crippen molar-refractivity contribution in [2.24, 2.45) is 0 Å². The Hall–Kier alpha value is -1.49. The van der Waals surface area contributed by atoms with Gasteiger partial charge < -0.3 is 10.2 Å². The molecule has 2 unspecified atom stereocenters. The molecule has 1 saturated heterocycles. The van der Waals surface area contributed by atoms with Crippen molar-refractivity contribution in [3.05, 3.63) is 24.0 Å². The van der Waals surface area contributed by atoms with Gasteiger partial charge in [0.1, 0.15) is 0 Å². The van der Waals surface area contributed by atoms with Crippen molar-refractivity contribution >= 4 is 5.91 Å². The van der Waals surface area contributed by atoms with E-state index in [4.69, 9.17) is 0 Å². The molecule has 2 heterocycles. The summed E-state index contributed by atoms with van der Waals surface area (Å²) in [5.41, 5.74) is 0.607. The van der Waals surface area contributed by atoms with Gasteiger partial charge in [-0.15, -0.1) is 0 Å². The maximum atomic E-state index is 12.3. The minimum absolute atomic E-state index is 0.0383. The number of hydrogen-bond acceptors (Lipinski definition) is 4. The van der Waals surface area contributed by atoms with Crippen LogP contribution in [0.3, 0.4) is 0 Å². The summed E-state index contributed by atoms with van der Waals surface area (Å²) in [5.74, 6) is 0.0383. The molecule has 1 aromatic rings. The quantitative estimate of drug-likeness (QED) is 0.739. The fraction of sp³-hybridized carbons (Fsp3) is 0.545. The standard InChI is InChI=1S/C11H16N4O/c1-8-5-12-6-9(2)15(8)11(16)10-3-4-13-14-7-10/h3-4,7-9,12H,5-6H2,1-2H3. The van der Waals surface area contributed by atoms with Gasteiger partial charge in [-0.3, -0.25) is 4.79 Å². The van der Waals surface area contributed by atoms with E-state index in [2.05, 4.69) is 29.4 Å². The molecule has 0 aromatic carbocycles.